The zero-order valence-corrected chi connectivity index (χ0v) is 26.4. The minimum atomic E-state index is -3.65. The van der Waals surface area contributed by atoms with Crippen LogP contribution in [0.15, 0.2) is 67.3 Å². The number of nitrogens with one attached hydrogen (secondary N) is 3. The summed E-state index contributed by atoms with van der Waals surface area (Å²) < 4.78 is 38.9. The largest absolute Gasteiger partial charge is 0.353 e. The zero-order valence-electron chi connectivity index (χ0n) is 25.6. The molecular weight excluding hydrogens is 619 g/mol. The Morgan fingerprint density at radius 3 is 2.60 bits per heavy atom. The highest BCUT2D eigenvalue weighted by Gasteiger charge is 2.22. The average Bonchev–Trinajstić information content (AvgIpc) is 3.68. The van der Waals surface area contributed by atoms with Crippen LogP contribution in [-0.2, 0) is 14.6 Å². The number of amides is 1. The number of hydrogen-bond acceptors (Lipinski definition) is 8. The van der Waals surface area contributed by atoms with E-state index in [0.29, 0.717) is 51.7 Å². The predicted molar refractivity (Wildman–Crippen MR) is 179 cm³/mol. The Bertz CT molecular complexity index is 2240. The summed E-state index contributed by atoms with van der Waals surface area (Å²) in [5, 5.41) is 10.6. The Morgan fingerprint density at radius 2 is 1.79 bits per heavy atom. The number of rotatable bonds is 8. The van der Waals surface area contributed by atoms with Crippen LogP contribution in [0.3, 0.4) is 0 Å². The Kier molecular flexibility index (Phi) is 8.02. The standard InChI is InChI=1S/C34H33FN8O3S/c1-47(45,46)33(36)21-10-20(11-24(35)12-21)31-26-15-29(41-28(26)7-8-38-31)32-27-14-23(17-39-34(27)43-42-32)22-13-25(18-37-16-22)40-30(44)9-19-5-3-2-4-6-19/h7-8,10-19,33,41H,2-6,9,36H2,1H3,(H,40,44)(H,39,42,43). The van der Waals surface area contributed by atoms with Gasteiger partial charge in [0.15, 0.2) is 15.5 Å². The maximum absolute atomic E-state index is 14.7. The third-order valence-corrected chi connectivity index (χ3v) is 9.95. The molecule has 7 rings (SSSR count). The molecule has 1 aliphatic carbocycles. The summed E-state index contributed by atoms with van der Waals surface area (Å²) in [7, 11) is -3.65. The van der Waals surface area contributed by atoms with E-state index < -0.39 is 21.0 Å². The highest BCUT2D eigenvalue weighted by atomic mass is 32.2. The average molecular weight is 653 g/mol. The number of anilines is 1. The molecule has 1 atom stereocenters. The van der Waals surface area contributed by atoms with Gasteiger partial charge in [0.1, 0.15) is 16.9 Å². The van der Waals surface area contributed by atoms with Gasteiger partial charge in [-0.1, -0.05) is 19.3 Å². The quantitative estimate of drug-likeness (QED) is 0.149. The summed E-state index contributed by atoms with van der Waals surface area (Å²) in [6, 6.07) is 11.5. The number of benzene rings is 1. The maximum atomic E-state index is 14.7. The van der Waals surface area contributed by atoms with Gasteiger partial charge >= 0.3 is 0 Å². The van der Waals surface area contributed by atoms with Crippen LogP contribution in [0, 0.1) is 11.7 Å². The van der Waals surface area contributed by atoms with Crippen LogP contribution in [0.1, 0.15) is 49.5 Å². The highest BCUT2D eigenvalue weighted by Crippen LogP contribution is 2.35. The van der Waals surface area contributed by atoms with Gasteiger partial charge < -0.3 is 16.0 Å². The van der Waals surface area contributed by atoms with E-state index in [2.05, 4.69) is 35.5 Å². The molecule has 13 heteroatoms. The third-order valence-electron chi connectivity index (χ3n) is 8.76. The van der Waals surface area contributed by atoms with E-state index in [9.17, 15) is 17.6 Å². The molecule has 0 spiro atoms. The molecule has 47 heavy (non-hydrogen) atoms. The van der Waals surface area contributed by atoms with Gasteiger partial charge in [0.2, 0.25) is 5.91 Å². The normalized spacial score (nSPS) is 14.9. The van der Waals surface area contributed by atoms with Crippen molar-refractivity contribution in [3.8, 4) is 33.8 Å². The van der Waals surface area contributed by atoms with Gasteiger partial charge in [-0.05, 0) is 66.8 Å². The second-order valence-electron chi connectivity index (χ2n) is 12.2. The third kappa shape index (κ3) is 6.36. The van der Waals surface area contributed by atoms with Crippen LogP contribution in [0.25, 0.3) is 55.7 Å². The van der Waals surface area contributed by atoms with Crippen LogP contribution >= 0.6 is 0 Å². The summed E-state index contributed by atoms with van der Waals surface area (Å²) in [5.74, 6) is -0.181. The Labute approximate surface area is 270 Å². The molecule has 240 valence electrons. The number of fused-ring (bicyclic) bond motifs is 2. The number of nitrogens with zero attached hydrogens (tertiary/aromatic N) is 4. The molecule has 1 unspecified atom stereocenters. The van der Waals surface area contributed by atoms with Crippen molar-refractivity contribution in [2.45, 2.75) is 43.9 Å². The number of sulfone groups is 1. The number of aromatic nitrogens is 6. The molecule has 6 aromatic rings. The molecule has 0 saturated heterocycles. The van der Waals surface area contributed by atoms with Crippen molar-refractivity contribution in [2.24, 2.45) is 11.7 Å². The molecule has 11 nitrogen and oxygen atoms in total. The Morgan fingerprint density at radius 1 is 0.979 bits per heavy atom. The van der Waals surface area contributed by atoms with E-state index in [1.807, 2.05) is 18.2 Å². The van der Waals surface area contributed by atoms with Crippen LogP contribution in [-0.4, -0.2) is 50.7 Å². The van der Waals surface area contributed by atoms with Crippen molar-refractivity contribution < 1.29 is 17.6 Å². The SMILES string of the molecule is CS(=O)(=O)C(N)c1cc(F)cc(-c2nccc3[nH]c(-c4n[nH]c5ncc(-c6cncc(NC(=O)CC7CCCCC7)c6)cc45)cc23)c1. The summed E-state index contributed by atoms with van der Waals surface area (Å²) in [6.07, 6.45) is 14.0. The summed E-state index contributed by atoms with van der Waals surface area (Å²) >= 11 is 0. The first-order valence-corrected chi connectivity index (χ1v) is 17.4. The number of H-pyrrole nitrogens is 2. The maximum Gasteiger partial charge on any atom is 0.224 e. The van der Waals surface area contributed by atoms with Crippen molar-refractivity contribution in [3.05, 3.63) is 78.6 Å². The number of carbonyl (C=O) groups excluding carboxylic acids is 1. The van der Waals surface area contributed by atoms with Crippen LogP contribution < -0.4 is 11.1 Å². The van der Waals surface area contributed by atoms with Gasteiger partial charge in [-0.15, -0.1) is 0 Å². The molecule has 0 radical (unpaired) electrons. The van der Waals surface area contributed by atoms with Gasteiger partial charge in [-0.3, -0.25) is 19.9 Å². The number of aromatic amines is 2. The van der Waals surface area contributed by atoms with Gasteiger partial charge in [-0.2, -0.15) is 5.10 Å². The summed E-state index contributed by atoms with van der Waals surface area (Å²) in [5.41, 5.74) is 11.7. The molecular formula is C34H33FN8O3S. The minimum absolute atomic E-state index is 0.00178. The molecule has 1 fully saturated rings. The van der Waals surface area contributed by atoms with Gasteiger partial charge in [0.25, 0.3) is 0 Å². The van der Waals surface area contributed by atoms with Crippen molar-refractivity contribution in [1.29, 1.82) is 0 Å². The Hall–Kier alpha value is -5.01. The first kappa shape index (κ1) is 30.6. The van der Waals surface area contributed by atoms with E-state index in [-0.39, 0.29) is 11.5 Å². The molecule has 0 bridgehead atoms. The van der Waals surface area contributed by atoms with E-state index in [1.165, 1.54) is 25.3 Å². The van der Waals surface area contributed by atoms with Crippen LogP contribution in [0.5, 0.6) is 0 Å². The van der Waals surface area contributed by atoms with Crippen molar-refractivity contribution in [1.82, 2.24) is 30.1 Å². The van der Waals surface area contributed by atoms with E-state index in [1.54, 1.807) is 36.9 Å². The molecule has 5 aromatic heterocycles. The molecule has 1 amide bonds. The lowest BCUT2D eigenvalue weighted by molar-refractivity contribution is -0.117. The van der Waals surface area contributed by atoms with Gasteiger partial charge in [0, 0.05) is 64.2 Å². The van der Waals surface area contributed by atoms with Crippen molar-refractivity contribution in [3.63, 3.8) is 0 Å². The topological polar surface area (TPSA) is 172 Å². The second kappa shape index (κ2) is 12.3. The first-order valence-electron chi connectivity index (χ1n) is 15.5. The number of halogens is 1. The number of nitrogens with two attached hydrogens (primary N) is 1. The van der Waals surface area contributed by atoms with Crippen LogP contribution in [0.2, 0.25) is 0 Å². The van der Waals surface area contributed by atoms with Crippen LogP contribution in [0.4, 0.5) is 10.1 Å². The van der Waals surface area contributed by atoms with E-state index in [4.69, 9.17) is 5.73 Å². The van der Waals surface area contributed by atoms with Crippen molar-refractivity contribution >= 4 is 43.4 Å². The molecule has 1 aliphatic rings. The van der Waals surface area contributed by atoms with Gasteiger partial charge in [0.05, 0.1) is 23.3 Å². The molecule has 1 aromatic carbocycles. The van der Waals surface area contributed by atoms with E-state index >= 15 is 0 Å². The monoisotopic (exact) mass is 652 g/mol. The number of carbonyl (C=O) groups is 1. The predicted octanol–water partition coefficient (Wildman–Crippen LogP) is 6.28. The number of hydrogen-bond donors (Lipinski definition) is 4. The lowest BCUT2D eigenvalue weighted by atomic mass is 9.87. The summed E-state index contributed by atoms with van der Waals surface area (Å²) in [6.45, 7) is 0. The molecule has 0 aliphatic heterocycles. The minimum Gasteiger partial charge on any atom is -0.353 e. The van der Waals surface area contributed by atoms with Crippen molar-refractivity contribution in [2.75, 3.05) is 11.6 Å². The number of pyridine rings is 3. The zero-order chi connectivity index (χ0) is 32.7. The Balaban J connectivity index is 1.20. The fraction of sp³-hybridized carbons (Fsp3) is 0.265. The summed E-state index contributed by atoms with van der Waals surface area (Å²) in [4.78, 5) is 29.6. The van der Waals surface area contributed by atoms with Gasteiger partial charge in [-0.25, -0.2) is 17.8 Å². The first-order chi connectivity index (χ1) is 22.6. The van der Waals surface area contributed by atoms with E-state index in [0.717, 1.165) is 47.2 Å². The molecule has 5 N–H and O–H groups in total. The smallest absolute Gasteiger partial charge is 0.224 e. The molecule has 5 heterocycles. The fourth-order valence-corrected chi connectivity index (χ4v) is 7.00. The lowest BCUT2D eigenvalue weighted by Crippen LogP contribution is -2.20. The fourth-order valence-electron chi connectivity index (χ4n) is 6.37. The second-order valence-corrected chi connectivity index (χ2v) is 14.4. The molecule has 1 saturated carbocycles. The lowest BCUT2D eigenvalue weighted by Gasteiger charge is -2.20. The highest BCUT2D eigenvalue weighted by molar-refractivity contribution is 7.90.